The molecule has 0 saturated carbocycles. The third-order valence-corrected chi connectivity index (χ3v) is 6.43. The first-order chi connectivity index (χ1) is 17.7. The minimum Gasteiger partial charge on any atom is -0.493 e. The highest BCUT2D eigenvalue weighted by molar-refractivity contribution is 7.22. The second-order valence-corrected chi connectivity index (χ2v) is 8.92. The average Bonchev–Trinajstić information content (AvgIpc) is 3.45. The van der Waals surface area contributed by atoms with E-state index in [1.54, 1.807) is 36.4 Å². The summed E-state index contributed by atoms with van der Waals surface area (Å²) < 4.78 is 66.6. The van der Waals surface area contributed by atoms with Crippen LogP contribution in [0.15, 0.2) is 77.4 Å². The van der Waals surface area contributed by atoms with Crippen LogP contribution in [0.1, 0.15) is 11.1 Å². The number of benzene rings is 3. The maximum Gasteiger partial charge on any atom is 0.435 e. The number of methoxy groups -OCH3 is 1. The monoisotopic (exact) mass is 527 g/mol. The van der Waals surface area contributed by atoms with E-state index in [0.29, 0.717) is 26.5 Å². The molecule has 3 aromatic carbocycles. The Morgan fingerprint density at radius 3 is 2.49 bits per heavy atom. The van der Waals surface area contributed by atoms with E-state index < -0.39 is 29.2 Å². The summed E-state index contributed by atoms with van der Waals surface area (Å²) in [5.41, 5.74) is -0.449. The molecule has 0 bridgehead atoms. The molecule has 0 unspecified atom stereocenters. The van der Waals surface area contributed by atoms with Gasteiger partial charge in [0, 0.05) is 0 Å². The van der Waals surface area contributed by atoms with Crippen molar-refractivity contribution in [3.05, 3.63) is 89.2 Å². The molecule has 1 amide bonds. The van der Waals surface area contributed by atoms with Gasteiger partial charge in [-0.15, -0.1) is 0 Å². The van der Waals surface area contributed by atoms with Crippen molar-refractivity contribution in [3.63, 3.8) is 0 Å². The number of rotatable bonds is 6. The number of ether oxygens (including phenoxy) is 2. The van der Waals surface area contributed by atoms with Gasteiger partial charge < -0.3 is 9.47 Å². The molecule has 0 atom stereocenters. The van der Waals surface area contributed by atoms with Crippen LogP contribution in [-0.2, 0) is 11.4 Å². The first-order valence-corrected chi connectivity index (χ1v) is 11.7. The molecule has 11 heteroatoms. The smallest absolute Gasteiger partial charge is 0.435 e. The van der Waals surface area contributed by atoms with Gasteiger partial charge in [0.25, 0.3) is 5.91 Å². The van der Waals surface area contributed by atoms with Crippen molar-refractivity contribution in [2.75, 3.05) is 12.1 Å². The average molecular weight is 527 g/mol. The largest absolute Gasteiger partial charge is 0.493 e. The van der Waals surface area contributed by atoms with E-state index in [1.165, 1.54) is 37.4 Å². The van der Waals surface area contributed by atoms with Crippen LogP contribution in [0.3, 0.4) is 0 Å². The number of nitrogens with zero attached hydrogens (tertiary/aromatic N) is 3. The van der Waals surface area contributed by atoms with E-state index in [9.17, 15) is 22.4 Å². The van der Waals surface area contributed by atoms with Gasteiger partial charge in [0.2, 0.25) is 5.13 Å². The summed E-state index contributed by atoms with van der Waals surface area (Å²) in [6.07, 6.45) is -3.77. The van der Waals surface area contributed by atoms with E-state index in [4.69, 9.17) is 9.47 Å². The summed E-state index contributed by atoms with van der Waals surface area (Å²) in [4.78, 5) is 17.4. The standard InChI is InChI=1S/C26H17F4N3O3S/c1-35-20-11-8-16(13-21(20)36-14-15-6-9-17(27)10-7-15)12-18-23(26(28,29)30)32-33(24(18)34)25-31-19-4-2-3-5-22(19)37-25/h2-13H,14H2,1H3/b18-12-. The third-order valence-electron chi connectivity index (χ3n) is 5.42. The van der Waals surface area contributed by atoms with E-state index in [-0.39, 0.29) is 23.1 Å². The van der Waals surface area contributed by atoms with Crippen LogP contribution in [0.4, 0.5) is 22.7 Å². The van der Waals surface area contributed by atoms with Gasteiger partial charge in [0.05, 0.1) is 22.9 Å². The summed E-state index contributed by atoms with van der Waals surface area (Å²) in [5, 5.41) is 4.30. The topological polar surface area (TPSA) is 64.0 Å². The second-order valence-electron chi connectivity index (χ2n) is 7.91. The van der Waals surface area contributed by atoms with Crippen molar-refractivity contribution in [2.45, 2.75) is 12.8 Å². The van der Waals surface area contributed by atoms with Gasteiger partial charge in [0.15, 0.2) is 17.2 Å². The molecule has 2 heterocycles. The lowest BCUT2D eigenvalue weighted by Crippen LogP contribution is -2.25. The molecule has 0 aliphatic carbocycles. The third kappa shape index (κ3) is 5.03. The van der Waals surface area contributed by atoms with Crippen molar-refractivity contribution >= 4 is 44.4 Å². The maximum atomic E-state index is 13.9. The lowest BCUT2D eigenvalue weighted by atomic mass is 10.1. The summed E-state index contributed by atoms with van der Waals surface area (Å²) in [7, 11) is 1.42. The van der Waals surface area contributed by atoms with Gasteiger partial charge in [-0.3, -0.25) is 4.79 Å². The number of para-hydroxylation sites is 1. The fourth-order valence-electron chi connectivity index (χ4n) is 3.64. The number of anilines is 1. The fourth-order valence-corrected chi connectivity index (χ4v) is 4.55. The summed E-state index contributed by atoms with van der Waals surface area (Å²) >= 11 is 1.06. The molecule has 0 fully saturated rings. The molecule has 0 N–H and O–H groups in total. The molecule has 4 aromatic rings. The van der Waals surface area contributed by atoms with Gasteiger partial charge in [-0.05, 0) is 53.6 Å². The summed E-state index contributed by atoms with van der Waals surface area (Å²) in [6, 6.07) is 17.1. The van der Waals surface area contributed by atoms with Crippen molar-refractivity contribution < 1.29 is 31.8 Å². The molecular weight excluding hydrogens is 510 g/mol. The van der Waals surface area contributed by atoms with Crippen molar-refractivity contribution in [1.82, 2.24) is 4.98 Å². The Kier molecular flexibility index (Phi) is 6.38. The SMILES string of the molecule is COc1ccc(/C=C2\C(=O)N(c3nc4ccccc4s3)N=C2C(F)(F)F)cc1OCc1ccc(F)cc1. The molecule has 37 heavy (non-hydrogen) atoms. The Bertz CT molecular complexity index is 1510. The fraction of sp³-hybridized carbons (Fsp3) is 0.115. The predicted molar refractivity (Wildman–Crippen MR) is 132 cm³/mol. The molecule has 188 valence electrons. The Balaban J connectivity index is 1.48. The Morgan fingerprint density at radius 1 is 1.03 bits per heavy atom. The zero-order chi connectivity index (χ0) is 26.2. The van der Waals surface area contributed by atoms with E-state index in [0.717, 1.165) is 17.4 Å². The van der Waals surface area contributed by atoms with Gasteiger partial charge >= 0.3 is 6.18 Å². The Morgan fingerprint density at radius 2 is 1.78 bits per heavy atom. The molecule has 1 aliphatic rings. The number of carbonyl (C=O) groups is 1. The maximum absolute atomic E-state index is 13.9. The van der Waals surface area contributed by atoms with Crippen LogP contribution in [0, 0.1) is 5.82 Å². The molecule has 6 nitrogen and oxygen atoms in total. The van der Waals surface area contributed by atoms with Crippen molar-refractivity contribution in [3.8, 4) is 11.5 Å². The number of thiazole rings is 1. The van der Waals surface area contributed by atoms with Crippen LogP contribution in [-0.4, -0.2) is 29.9 Å². The van der Waals surface area contributed by atoms with Crippen LogP contribution < -0.4 is 14.5 Å². The first-order valence-electron chi connectivity index (χ1n) is 10.9. The van der Waals surface area contributed by atoms with E-state index in [1.807, 2.05) is 0 Å². The lowest BCUT2D eigenvalue weighted by Gasteiger charge is -2.12. The van der Waals surface area contributed by atoms with Crippen LogP contribution in [0.2, 0.25) is 0 Å². The van der Waals surface area contributed by atoms with E-state index >= 15 is 0 Å². The molecule has 0 saturated heterocycles. The number of amides is 1. The number of fused-ring (bicyclic) bond motifs is 1. The minimum atomic E-state index is -4.87. The van der Waals surface area contributed by atoms with Crippen LogP contribution in [0.5, 0.6) is 11.5 Å². The number of hydrogen-bond donors (Lipinski definition) is 0. The van der Waals surface area contributed by atoms with Crippen LogP contribution in [0.25, 0.3) is 16.3 Å². The molecule has 1 aliphatic heterocycles. The summed E-state index contributed by atoms with van der Waals surface area (Å²) in [6.45, 7) is 0.0657. The number of hydrogen-bond acceptors (Lipinski definition) is 6. The highest BCUT2D eigenvalue weighted by Crippen LogP contribution is 2.37. The molecular formula is C26H17F4N3O3S. The highest BCUT2D eigenvalue weighted by atomic mass is 32.1. The van der Waals surface area contributed by atoms with Crippen molar-refractivity contribution in [1.29, 1.82) is 0 Å². The Hall–Kier alpha value is -4.25. The molecule has 1 aromatic heterocycles. The predicted octanol–water partition coefficient (Wildman–Crippen LogP) is 6.37. The van der Waals surface area contributed by atoms with E-state index in [2.05, 4.69) is 10.1 Å². The van der Waals surface area contributed by atoms with Gasteiger partial charge in [-0.1, -0.05) is 41.7 Å². The number of hydrazone groups is 1. The normalized spacial score (nSPS) is 14.9. The molecule has 5 rings (SSSR count). The second kappa shape index (κ2) is 9.66. The Labute approximate surface area is 212 Å². The quantitative estimate of drug-likeness (QED) is 0.216. The number of alkyl halides is 3. The minimum absolute atomic E-state index is 0.0365. The number of carbonyl (C=O) groups excluding carboxylic acids is 1. The highest BCUT2D eigenvalue weighted by Gasteiger charge is 2.47. The zero-order valence-electron chi connectivity index (χ0n) is 19.1. The zero-order valence-corrected chi connectivity index (χ0v) is 19.9. The van der Waals surface area contributed by atoms with Crippen molar-refractivity contribution in [2.24, 2.45) is 5.10 Å². The van der Waals surface area contributed by atoms with Crippen LogP contribution >= 0.6 is 11.3 Å². The van der Waals surface area contributed by atoms with Gasteiger partial charge in [-0.2, -0.15) is 23.3 Å². The lowest BCUT2D eigenvalue weighted by molar-refractivity contribution is -0.114. The van der Waals surface area contributed by atoms with Gasteiger partial charge in [0.1, 0.15) is 12.4 Å². The first kappa shape index (κ1) is 24.4. The molecule has 0 spiro atoms. The number of aromatic nitrogens is 1. The molecule has 0 radical (unpaired) electrons. The summed E-state index contributed by atoms with van der Waals surface area (Å²) in [5.74, 6) is -0.767. The van der Waals surface area contributed by atoms with Gasteiger partial charge in [-0.25, -0.2) is 9.37 Å². The number of halogens is 4.